The average Bonchev–Trinajstić information content (AvgIpc) is 2.35. The molecule has 0 fully saturated rings. The number of carboxylic acids is 4. The summed E-state index contributed by atoms with van der Waals surface area (Å²) >= 11 is 0. The molecule has 0 amide bonds. The van der Waals surface area contributed by atoms with Crippen molar-refractivity contribution < 1.29 is 49.8 Å². The number of hydrogen-bond donors (Lipinski definition) is 6. The van der Waals surface area contributed by atoms with E-state index in [2.05, 4.69) is 0 Å². The molecule has 0 aliphatic rings. The first-order chi connectivity index (χ1) is 10.0. The van der Waals surface area contributed by atoms with Gasteiger partial charge in [0.1, 0.15) is 0 Å². The number of aliphatic hydroxyl groups is 2. The van der Waals surface area contributed by atoms with E-state index in [1.54, 1.807) is 0 Å². The Morgan fingerprint density at radius 1 is 0.682 bits per heavy atom. The van der Waals surface area contributed by atoms with Crippen molar-refractivity contribution in [2.45, 2.75) is 51.7 Å². The molecule has 0 saturated heterocycles. The van der Waals surface area contributed by atoms with Gasteiger partial charge in [-0.25, -0.2) is 0 Å². The highest BCUT2D eigenvalue weighted by atomic mass is 16.5. The van der Waals surface area contributed by atoms with Crippen molar-refractivity contribution in [3.8, 4) is 0 Å². The maximum atomic E-state index is 9.64. The molecule has 10 heteroatoms. The third kappa shape index (κ3) is 43.1. The van der Waals surface area contributed by atoms with Crippen LogP contribution in [0.2, 0.25) is 0 Å². The molecule has 0 aromatic rings. The van der Waals surface area contributed by atoms with E-state index in [-0.39, 0.29) is 25.7 Å². The van der Waals surface area contributed by atoms with Crippen LogP contribution < -0.4 is 0 Å². The molecule has 0 aromatic carbocycles. The number of carbonyl (C=O) groups is 4. The molecule has 0 aliphatic carbocycles. The van der Waals surface area contributed by atoms with E-state index >= 15 is 0 Å². The summed E-state index contributed by atoms with van der Waals surface area (Å²) in [4.78, 5) is 38.6. The average molecular weight is 326 g/mol. The molecule has 0 rings (SSSR count). The second-order valence-corrected chi connectivity index (χ2v) is 3.84. The van der Waals surface area contributed by atoms with Crippen molar-refractivity contribution in [3.63, 3.8) is 0 Å². The second-order valence-electron chi connectivity index (χ2n) is 3.84. The van der Waals surface area contributed by atoms with Crippen molar-refractivity contribution in [3.05, 3.63) is 0 Å². The van der Waals surface area contributed by atoms with Gasteiger partial charge in [-0.3, -0.25) is 19.2 Å². The second kappa shape index (κ2) is 16.9. The molecule has 130 valence electrons. The molecule has 0 bridgehead atoms. The van der Waals surface area contributed by atoms with E-state index in [9.17, 15) is 19.2 Å². The number of aliphatic carboxylic acids is 4. The van der Waals surface area contributed by atoms with Crippen molar-refractivity contribution in [1.29, 1.82) is 0 Å². The first-order valence-electron chi connectivity index (χ1n) is 6.26. The maximum Gasteiger partial charge on any atom is 0.303 e. The Morgan fingerprint density at radius 2 is 0.909 bits per heavy atom. The Labute approximate surface area is 126 Å². The number of rotatable bonds is 8. The van der Waals surface area contributed by atoms with Gasteiger partial charge < -0.3 is 30.6 Å². The van der Waals surface area contributed by atoms with Gasteiger partial charge in [0, 0.05) is 0 Å². The smallest absolute Gasteiger partial charge is 0.303 e. The number of aliphatic hydroxyl groups excluding tert-OH is 1. The summed E-state index contributed by atoms with van der Waals surface area (Å²) in [6.45, 7) is 1.90. The summed E-state index contributed by atoms with van der Waals surface area (Å²) in [6, 6.07) is 0. The highest BCUT2D eigenvalue weighted by Gasteiger charge is 2.01. The minimum absolute atomic E-state index is 0.296. The fourth-order valence-electron chi connectivity index (χ4n) is 0.686. The molecule has 0 aliphatic heterocycles. The van der Waals surface area contributed by atoms with Crippen LogP contribution in [0.5, 0.6) is 0 Å². The summed E-state index contributed by atoms with van der Waals surface area (Å²) in [6.07, 6.45) is -0.970. The summed E-state index contributed by atoms with van der Waals surface area (Å²) in [5.41, 5.74) is 0. The van der Waals surface area contributed by atoms with Crippen LogP contribution in [0.25, 0.3) is 0 Å². The highest BCUT2D eigenvalue weighted by Crippen LogP contribution is 1.88. The highest BCUT2D eigenvalue weighted by molar-refractivity contribution is 5.75. The summed E-state index contributed by atoms with van der Waals surface area (Å²) in [5, 5.41) is 47.8. The van der Waals surface area contributed by atoms with Crippen LogP contribution in [0.15, 0.2) is 0 Å². The molecular weight excluding hydrogens is 304 g/mol. The van der Waals surface area contributed by atoms with Crippen LogP contribution >= 0.6 is 0 Å². The monoisotopic (exact) mass is 326 g/mol. The largest absolute Gasteiger partial charge is 0.481 e. The predicted molar refractivity (Wildman–Crippen MR) is 72.1 cm³/mol. The molecule has 6 N–H and O–H groups in total. The fraction of sp³-hybridized carbons (Fsp3) is 0.667. The van der Waals surface area contributed by atoms with Crippen molar-refractivity contribution in [2.24, 2.45) is 0 Å². The minimum atomic E-state index is -1.10. The third-order valence-corrected chi connectivity index (χ3v) is 1.65. The first kappa shape index (κ1) is 24.8. The zero-order valence-corrected chi connectivity index (χ0v) is 12.1. The molecule has 0 unspecified atom stereocenters. The molecule has 0 radical (unpaired) electrons. The van der Waals surface area contributed by atoms with E-state index in [0.717, 1.165) is 6.42 Å². The van der Waals surface area contributed by atoms with Gasteiger partial charge in [0.25, 0.3) is 0 Å². The van der Waals surface area contributed by atoms with Gasteiger partial charge in [-0.2, -0.15) is 0 Å². The standard InChI is InChI=1S/2C4H6O4.C4H10O2/c2*5-3(6)1-2-4(7)8;1-2-3-4(5)6/h2*1-2H2,(H,5,6)(H,7,8);4-6H,2-3H2,1H3. The van der Waals surface area contributed by atoms with Gasteiger partial charge in [-0.15, -0.1) is 0 Å². The quantitative estimate of drug-likeness (QED) is 0.330. The van der Waals surface area contributed by atoms with Crippen LogP contribution in [-0.4, -0.2) is 60.8 Å². The zero-order chi connectivity index (χ0) is 18.1. The SMILES string of the molecule is CCCC(O)O.O=C(O)CCC(=O)O.O=C(O)CCC(=O)O. The Kier molecular flexibility index (Phi) is 19.0. The van der Waals surface area contributed by atoms with Gasteiger partial charge >= 0.3 is 23.9 Å². The Morgan fingerprint density at radius 3 is 0.955 bits per heavy atom. The maximum absolute atomic E-state index is 9.64. The van der Waals surface area contributed by atoms with Crippen LogP contribution in [0.3, 0.4) is 0 Å². The molecule has 0 saturated carbocycles. The van der Waals surface area contributed by atoms with Crippen molar-refractivity contribution >= 4 is 23.9 Å². The lowest BCUT2D eigenvalue weighted by Crippen LogP contribution is -2.01. The Bertz CT molecular complexity index is 281. The lowest BCUT2D eigenvalue weighted by Gasteiger charge is -1.94. The predicted octanol–water partition coefficient (Wildman–Crippen LogP) is -0.0312. The molecular formula is C12H22O10. The topological polar surface area (TPSA) is 190 Å². The zero-order valence-electron chi connectivity index (χ0n) is 12.1. The van der Waals surface area contributed by atoms with E-state index in [1.807, 2.05) is 6.92 Å². The number of hydrogen-bond acceptors (Lipinski definition) is 6. The van der Waals surface area contributed by atoms with E-state index in [1.165, 1.54) is 0 Å². The van der Waals surface area contributed by atoms with E-state index < -0.39 is 30.2 Å². The Hall–Kier alpha value is -2.20. The van der Waals surface area contributed by atoms with Crippen LogP contribution in [0.4, 0.5) is 0 Å². The molecule has 10 nitrogen and oxygen atoms in total. The lowest BCUT2D eigenvalue weighted by molar-refractivity contribution is -0.143. The first-order valence-corrected chi connectivity index (χ1v) is 6.26. The molecule has 0 aromatic heterocycles. The van der Waals surface area contributed by atoms with E-state index in [4.69, 9.17) is 30.6 Å². The number of carboxylic acid groups (broad SMARTS) is 4. The van der Waals surface area contributed by atoms with Crippen LogP contribution in [-0.2, 0) is 19.2 Å². The molecule has 0 spiro atoms. The normalized spacial score (nSPS) is 8.91. The van der Waals surface area contributed by atoms with Gasteiger partial charge in [0.05, 0.1) is 25.7 Å². The molecule has 0 heterocycles. The molecule has 0 atom stereocenters. The minimum Gasteiger partial charge on any atom is -0.481 e. The lowest BCUT2D eigenvalue weighted by atomic mass is 10.3. The fourth-order valence-corrected chi connectivity index (χ4v) is 0.686. The van der Waals surface area contributed by atoms with Gasteiger partial charge in [-0.05, 0) is 6.42 Å². The van der Waals surface area contributed by atoms with Gasteiger partial charge in [0.2, 0.25) is 0 Å². The van der Waals surface area contributed by atoms with Crippen LogP contribution in [0, 0.1) is 0 Å². The van der Waals surface area contributed by atoms with Crippen molar-refractivity contribution in [2.75, 3.05) is 0 Å². The van der Waals surface area contributed by atoms with Crippen LogP contribution in [0.1, 0.15) is 45.4 Å². The van der Waals surface area contributed by atoms with Gasteiger partial charge in [0.15, 0.2) is 6.29 Å². The van der Waals surface area contributed by atoms with Gasteiger partial charge in [-0.1, -0.05) is 13.3 Å². The Balaban J connectivity index is -0.000000249. The van der Waals surface area contributed by atoms with Crippen molar-refractivity contribution in [1.82, 2.24) is 0 Å². The van der Waals surface area contributed by atoms with E-state index in [0.29, 0.717) is 6.42 Å². The third-order valence-electron chi connectivity index (χ3n) is 1.65. The summed E-state index contributed by atoms with van der Waals surface area (Å²) in [5.74, 6) is -4.31. The molecule has 22 heavy (non-hydrogen) atoms. The summed E-state index contributed by atoms with van der Waals surface area (Å²) in [7, 11) is 0. The summed E-state index contributed by atoms with van der Waals surface area (Å²) < 4.78 is 0.